The number of likely N-dealkylation sites (tertiary alicyclic amines) is 1. The molecule has 0 saturated carbocycles. The number of benzene rings is 1. The quantitative estimate of drug-likeness (QED) is 0.927. The number of anilines is 1. The Labute approximate surface area is 120 Å². The summed E-state index contributed by atoms with van der Waals surface area (Å²) in [5.41, 5.74) is 2.19. The van der Waals surface area contributed by atoms with Crippen LogP contribution in [0.25, 0.3) is 5.69 Å². The Kier molecular flexibility index (Phi) is 3.74. The van der Waals surface area contributed by atoms with E-state index in [0.29, 0.717) is 0 Å². The van der Waals surface area contributed by atoms with E-state index in [2.05, 4.69) is 57.3 Å². The standard InChI is InChI=1S/C16H22N4/c1-13-11-20(15-6-4-3-5-7-15)16(18-13)17-10-14-8-9-19(2)12-14/h3-7,11,14H,8-10,12H2,1-2H3,(H,17,18). The number of hydrogen-bond acceptors (Lipinski definition) is 3. The molecule has 0 bridgehead atoms. The molecule has 1 aliphatic rings. The Morgan fingerprint density at radius 2 is 2.10 bits per heavy atom. The molecule has 1 aromatic carbocycles. The fourth-order valence-corrected chi connectivity index (χ4v) is 2.84. The summed E-state index contributed by atoms with van der Waals surface area (Å²) in [5, 5.41) is 3.52. The van der Waals surface area contributed by atoms with Crippen LogP contribution >= 0.6 is 0 Å². The normalized spacial score (nSPS) is 19.4. The van der Waals surface area contributed by atoms with Crippen LogP contribution in [0, 0.1) is 12.8 Å². The Morgan fingerprint density at radius 3 is 2.80 bits per heavy atom. The van der Waals surface area contributed by atoms with Crippen molar-refractivity contribution in [2.45, 2.75) is 13.3 Å². The third kappa shape index (κ3) is 2.85. The van der Waals surface area contributed by atoms with E-state index < -0.39 is 0 Å². The van der Waals surface area contributed by atoms with Crippen molar-refractivity contribution in [2.75, 3.05) is 32.0 Å². The molecule has 4 nitrogen and oxygen atoms in total. The number of nitrogens with zero attached hydrogens (tertiary/aromatic N) is 3. The highest BCUT2D eigenvalue weighted by atomic mass is 15.2. The number of aryl methyl sites for hydroxylation is 1. The topological polar surface area (TPSA) is 33.1 Å². The van der Waals surface area contributed by atoms with Crippen molar-refractivity contribution in [3.63, 3.8) is 0 Å². The molecule has 1 atom stereocenters. The predicted molar refractivity (Wildman–Crippen MR) is 82.4 cm³/mol. The first kappa shape index (κ1) is 13.2. The van der Waals surface area contributed by atoms with Gasteiger partial charge in [0.25, 0.3) is 0 Å². The zero-order valence-corrected chi connectivity index (χ0v) is 12.2. The molecule has 0 amide bonds. The molecule has 0 radical (unpaired) electrons. The van der Waals surface area contributed by atoms with Crippen molar-refractivity contribution in [1.82, 2.24) is 14.5 Å². The van der Waals surface area contributed by atoms with E-state index in [-0.39, 0.29) is 0 Å². The van der Waals surface area contributed by atoms with Crippen molar-refractivity contribution in [3.8, 4) is 5.69 Å². The monoisotopic (exact) mass is 270 g/mol. The van der Waals surface area contributed by atoms with Gasteiger partial charge in [0.1, 0.15) is 0 Å². The first-order chi connectivity index (χ1) is 9.72. The molecule has 2 aromatic rings. The van der Waals surface area contributed by atoms with Crippen LogP contribution in [-0.4, -0.2) is 41.1 Å². The van der Waals surface area contributed by atoms with Crippen molar-refractivity contribution in [1.29, 1.82) is 0 Å². The fourth-order valence-electron chi connectivity index (χ4n) is 2.84. The summed E-state index contributed by atoms with van der Waals surface area (Å²) >= 11 is 0. The van der Waals surface area contributed by atoms with Gasteiger partial charge in [0, 0.05) is 25.0 Å². The zero-order valence-electron chi connectivity index (χ0n) is 12.2. The van der Waals surface area contributed by atoms with Crippen LogP contribution in [0.1, 0.15) is 12.1 Å². The smallest absolute Gasteiger partial charge is 0.207 e. The molecule has 4 heteroatoms. The Hall–Kier alpha value is -1.81. The fraction of sp³-hybridized carbons (Fsp3) is 0.438. The third-order valence-electron chi connectivity index (χ3n) is 3.90. The second kappa shape index (κ2) is 5.67. The number of nitrogens with one attached hydrogen (secondary N) is 1. The van der Waals surface area contributed by atoms with Gasteiger partial charge in [-0.05, 0) is 45.0 Å². The molecule has 0 aliphatic carbocycles. The molecular weight excluding hydrogens is 248 g/mol. The van der Waals surface area contributed by atoms with E-state index in [4.69, 9.17) is 0 Å². The van der Waals surface area contributed by atoms with Gasteiger partial charge < -0.3 is 10.2 Å². The molecule has 1 fully saturated rings. The maximum atomic E-state index is 4.61. The van der Waals surface area contributed by atoms with Crippen LogP contribution in [0.5, 0.6) is 0 Å². The molecule has 2 heterocycles. The number of hydrogen-bond donors (Lipinski definition) is 1. The molecule has 3 rings (SSSR count). The van der Waals surface area contributed by atoms with Crippen LogP contribution in [0.3, 0.4) is 0 Å². The number of rotatable bonds is 4. The van der Waals surface area contributed by atoms with E-state index >= 15 is 0 Å². The number of aromatic nitrogens is 2. The summed E-state index contributed by atoms with van der Waals surface area (Å²) in [4.78, 5) is 7.00. The van der Waals surface area contributed by atoms with Crippen molar-refractivity contribution in [2.24, 2.45) is 5.92 Å². The Bertz CT molecular complexity index is 561. The van der Waals surface area contributed by atoms with E-state index in [0.717, 1.165) is 29.8 Å². The van der Waals surface area contributed by atoms with Gasteiger partial charge in [0.05, 0.1) is 5.69 Å². The van der Waals surface area contributed by atoms with Crippen LogP contribution in [0.15, 0.2) is 36.5 Å². The second-order valence-electron chi connectivity index (χ2n) is 5.71. The van der Waals surface area contributed by atoms with Gasteiger partial charge in [-0.1, -0.05) is 18.2 Å². The second-order valence-corrected chi connectivity index (χ2v) is 5.71. The largest absolute Gasteiger partial charge is 0.355 e. The lowest BCUT2D eigenvalue weighted by molar-refractivity contribution is 0.399. The van der Waals surface area contributed by atoms with Crippen molar-refractivity contribution >= 4 is 5.95 Å². The van der Waals surface area contributed by atoms with E-state index in [1.807, 2.05) is 13.0 Å². The van der Waals surface area contributed by atoms with Gasteiger partial charge in [-0.25, -0.2) is 4.98 Å². The molecule has 1 aromatic heterocycles. The van der Waals surface area contributed by atoms with Crippen LogP contribution in [0.4, 0.5) is 5.95 Å². The minimum atomic E-state index is 0.723. The minimum absolute atomic E-state index is 0.723. The summed E-state index contributed by atoms with van der Waals surface area (Å²) < 4.78 is 2.13. The summed E-state index contributed by atoms with van der Waals surface area (Å²) in [6, 6.07) is 10.4. The molecular formula is C16H22N4. The van der Waals surface area contributed by atoms with Crippen LogP contribution in [-0.2, 0) is 0 Å². The molecule has 1 N–H and O–H groups in total. The van der Waals surface area contributed by atoms with Gasteiger partial charge in [-0.2, -0.15) is 0 Å². The lowest BCUT2D eigenvalue weighted by Gasteiger charge is -2.13. The average Bonchev–Trinajstić information content (AvgIpc) is 3.03. The number of imidazole rings is 1. The minimum Gasteiger partial charge on any atom is -0.355 e. The van der Waals surface area contributed by atoms with Gasteiger partial charge in [-0.15, -0.1) is 0 Å². The summed E-state index contributed by atoms with van der Waals surface area (Å²) in [6.07, 6.45) is 3.35. The van der Waals surface area contributed by atoms with Gasteiger partial charge >= 0.3 is 0 Å². The lowest BCUT2D eigenvalue weighted by atomic mass is 10.1. The molecule has 106 valence electrons. The van der Waals surface area contributed by atoms with Gasteiger partial charge in [0.15, 0.2) is 0 Å². The van der Waals surface area contributed by atoms with E-state index in [1.54, 1.807) is 0 Å². The van der Waals surface area contributed by atoms with Crippen LogP contribution < -0.4 is 5.32 Å². The number of para-hydroxylation sites is 1. The van der Waals surface area contributed by atoms with Crippen LogP contribution in [0.2, 0.25) is 0 Å². The first-order valence-electron chi connectivity index (χ1n) is 7.26. The molecule has 0 spiro atoms. The first-order valence-corrected chi connectivity index (χ1v) is 7.26. The highest BCUT2D eigenvalue weighted by molar-refractivity contribution is 5.42. The maximum Gasteiger partial charge on any atom is 0.207 e. The van der Waals surface area contributed by atoms with Crippen molar-refractivity contribution in [3.05, 3.63) is 42.2 Å². The lowest BCUT2D eigenvalue weighted by Crippen LogP contribution is -2.20. The average molecular weight is 270 g/mol. The van der Waals surface area contributed by atoms with Gasteiger partial charge in [-0.3, -0.25) is 4.57 Å². The van der Waals surface area contributed by atoms with E-state index in [9.17, 15) is 0 Å². The zero-order chi connectivity index (χ0) is 13.9. The highest BCUT2D eigenvalue weighted by Gasteiger charge is 2.19. The molecule has 1 unspecified atom stereocenters. The Balaban J connectivity index is 1.73. The Morgan fingerprint density at radius 1 is 1.30 bits per heavy atom. The molecule has 20 heavy (non-hydrogen) atoms. The maximum absolute atomic E-state index is 4.61. The van der Waals surface area contributed by atoms with Gasteiger partial charge in [0.2, 0.25) is 5.95 Å². The summed E-state index contributed by atoms with van der Waals surface area (Å²) in [6.45, 7) is 5.41. The molecule has 1 aliphatic heterocycles. The predicted octanol–water partition coefficient (Wildman–Crippen LogP) is 2.54. The highest BCUT2D eigenvalue weighted by Crippen LogP contribution is 2.19. The summed E-state index contributed by atoms with van der Waals surface area (Å²) in [7, 11) is 2.19. The molecule has 1 saturated heterocycles. The van der Waals surface area contributed by atoms with E-state index in [1.165, 1.54) is 19.5 Å². The third-order valence-corrected chi connectivity index (χ3v) is 3.90. The summed E-state index contributed by atoms with van der Waals surface area (Å²) in [5.74, 6) is 1.67. The van der Waals surface area contributed by atoms with Crippen molar-refractivity contribution < 1.29 is 0 Å². The SMILES string of the molecule is Cc1cn(-c2ccccc2)c(NCC2CCN(C)C2)n1.